The second kappa shape index (κ2) is 11.0. The van der Waals surface area contributed by atoms with E-state index in [2.05, 4.69) is 24.9 Å². The van der Waals surface area contributed by atoms with Gasteiger partial charge in [-0.3, -0.25) is 4.79 Å². The lowest BCUT2D eigenvalue weighted by Gasteiger charge is -2.53. The Labute approximate surface area is 266 Å². The number of nitrogens with two attached hydrogens (primary N) is 1. The summed E-state index contributed by atoms with van der Waals surface area (Å²) in [6.45, 7) is 0.434. The highest BCUT2D eigenvalue weighted by molar-refractivity contribution is 5.99. The van der Waals surface area contributed by atoms with E-state index >= 15 is 13.2 Å². The first-order chi connectivity index (χ1) is 22.7. The van der Waals surface area contributed by atoms with Crippen molar-refractivity contribution < 1.29 is 49.6 Å². The number of ether oxygens (including phenoxy) is 1. The van der Waals surface area contributed by atoms with Crippen molar-refractivity contribution >= 4 is 17.7 Å². The number of piperidine rings is 2. The van der Waals surface area contributed by atoms with Crippen molar-refractivity contribution in [2.75, 3.05) is 25.1 Å². The number of benzene rings is 2. The Kier molecular flexibility index (Phi) is 7.26. The van der Waals surface area contributed by atoms with Crippen LogP contribution in [0.15, 0.2) is 45.3 Å². The number of rotatable bonds is 5. The summed E-state index contributed by atoms with van der Waals surface area (Å²) in [5.74, 6) is -7.52. The second-order valence-corrected chi connectivity index (χ2v) is 12.2. The highest BCUT2D eigenvalue weighted by Crippen LogP contribution is 2.52. The largest absolute Gasteiger partial charge is 0.471 e. The highest BCUT2D eigenvalue weighted by Gasteiger charge is 2.56. The van der Waals surface area contributed by atoms with Gasteiger partial charge in [0.2, 0.25) is 17.6 Å². The molecule has 2 saturated heterocycles. The molecule has 18 heteroatoms. The van der Waals surface area contributed by atoms with Gasteiger partial charge in [-0.25, -0.2) is 18.0 Å². The zero-order chi connectivity index (χ0) is 34.2. The molecule has 0 radical (unpaired) electrons. The van der Waals surface area contributed by atoms with Crippen LogP contribution in [0, 0.1) is 11.7 Å². The Hall–Kier alpha value is -5.00. The lowest BCUT2D eigenvalue weighted by Crippen LogP contribution is -2.60. The minimum Gasteiger partial charge on any atom is -0.453 e. The molecule has 252 valence electrons. The summed E-state index contributed by atoms with van der Waals surface area (Å²) in [5, 5.41) is 11.4. The number of carbonyl (C=O) groups is 2. The van der Waals surface area contributed by atoms with E-state index in [1.165, 1.54) is 36.3 Å². The number of nitrogens with zero attached hydrogens (tertiary/aromatic N) is 6. The molecule has 5 heterocycles. The smallest absolute Gasteiger partial charge is 0.453 e. The van der Waals surface area contributed by atoms with Gasteiger partial charge < -0.3 is 29.2 Å². The lowest BCUT2D eigenvalue weighted by molar-refractivity contribution is -0.159. The molecule has 2 amide bonds. The maximum absolute atomic E-state index is 15.6. The van der Waals surface area contributed by atoms with Crippen LogP contribution in [0.5, 0.6) is 0 Å². The van der Waals surface area contributed by atoms with Crippen LogP contribution in [-0.2, 0) is 33.6 Å². The van der Waals surface area contributed by atoms with E-state index in [0.717, 1.165) is 11.0 Å². The van der Waals surface area contributed by atoms with Crippen molar-refractivity contribution in [2.24, 2.45) is 11.7 Å². The van der Waals surface area contributed by atoms with Crippen molar-refractivity contribution in [1.82, 2.24) is 25.2 Å². The number of amides is 2. The van der Waals surface area contributed by atoms with Gasteiger partial charge in [0, 0.05) is 30.6 Å². The number of aromatic nitrogens is 4. The van der Waals surface area contributed by atoms with Crippen LogP contribution in [-0.4, -0.2) is 63.5 Å². The summed E-state index contributed by atoms with van der Waals surface area (Å²) in [4.78, 5) is 31.4. The third-order valence-electron chi connectivity index (χ3n) is 8.92. The van der Waals surface area contributed by atoms with E-state index in [4.69, 9.17) is 14.9 Å². The van der Waals surface area contributed by atoms with Gasteiger partial charge in [0.15, 0.2) is 0 Å². The third-order valence-corrected chi connectivity index (χ3v) is 8.92. The van der Waals surface area contributed by atoms with Crippen LogP contribution < -0.4 is 10.6 Å². The maximum Gasteiger partial charge on any atom is 0.471 e. The predicted octanol–water partition coefficient (Wildman–Crippen LogP) is 5.03. The molecule has 2 bridgehead atoms. The van der Waals surface area contributed by atoms with Gasteiger partial charge in [0.05, 0.1) is 36.4 Å². The number of halogens is 6. The van der Waals surface area contributed by atoms with Gasteiger partial charge in [-0.05, 0) is 36.5 Å². The van der Waals surface area contributed by atoms with E-state index in [1.807, 2.05) is 0 Å². The van der Waals surface area contributed by atoms with Crippen molar-refractivity contribution in [2.45, 2.75) is 49.4 Å². The predicted molar refractivity (Wildman–Crippen MR) is 150 cm³/mol. The SMILES string of the molecule is COC(=O)N1CC2CC(c3nnc(-c4cc5c(cc4F)C(F)(F)C[C@@H](N)C(=O)N5Cc4ccc(-c5noc(C(F)(F)F)n5)cc4)o3)(C2)C1. The van der Waals surface area contributed by atoms with E-state index < -0.39 is 59.2 Å². The first-order valence-corrected chi connectivity index (χ1v) is 14.6. The Balaban J connectivity index is 1.22. The van der Waals surface area contributed by atoms with Gasteiger partial charge in [0.1, 0.15) is 5.82 Å². The topological polar surface area (TPSA) is 154 Å². The zero-order valence-corrected chi connectivity index (χ0v) is 24.9. The molecule has 3 fully saturated rings. The number of hydrogen-bond acceptors (Lipinski definition) is 10. The minimum atomic E-state index is -4.84. The molecule has 4 aliphatic rings. The van der Waals surface area contributed by atoms with Crippen molar-refractivity contribution in [1.29, 1.82) is 0 Å². The van der Waals surface area contributed by atoms with Gasteiger partial charge in [-0.15, -0.1) is 10.2 Å². The van der Waals surface area contributed by atoms with Crippen LogP contribution >= 0.6 is 0 Å². The summed E-state index contributed by atoms with van der Waals surface area (Å²) in [6, 6.07) is 5.59. The molecule has 2 aromatic carbocycles. The molecular weight excluding hydrogens is 652 g/mol. The fourth-order valence-electron chi connectivity index (χ4n) is 6.70. The van der Waals surface area contributed by atoms with Gasteiger partial charge >= 0.3 is 18.2 Å². The number of anilines is 1. The normalized spacial score (nSPS) is 23.4. The van der Waals surface area contributed by atoms with E-state index in [1.54, 1.807) is 0 Å². The van der Waals surface area contributed by atoms with Crippen LogP contribution in [0.2, 0.25) is 0 Å². The maximum atomic E-state index is 15.6. The van der Waals surface area contributed by atoms with E-state index in [0.29, 0.717) is 31.0 Å². The van der Waals surface area contributed by atoms with Gasteiger partial charge in [-0.1, -0.05) is 29.4 Å². The molecule has 8 rings (SSSR count). The first kappa shape index (κ1) is 31.6. The molecule has 0 unspecified atom stereocenters. The molecule has 1 saturated carbocycles. The Morgan fingerprint density at radius 1 is 1.12 bits per heavy atom. The quantitative estimate of drug-likeness (QED) is 0.285. The standard InChI is InChI=1S/C30H25F6N7O5/c1-46-27(45)42-11-15-8-28(9-15,13-42)25-40-39-23(47-25)17-6-21-18(7-19(17)31)29(32,33)10-20(37)24(44)43(21)12-14-2-4-16(5-3-14)22-38-26(48-41-22)30(34,35)36/h2-7,15,20H,8-13,37H2,1H3/t15?,20-,28?/m1/s1. The molecule has 3 aliphatic heterocycles. The second-order valence-electron chi connectivity index (χ2n) is 12.2. The van der Waals surface area contributed by atoms with E-state index in [-0.39, 0.29) is 53.4 Å². The Morgan fingerprint density at radius 3 is 2.52 bits per heavy atom. The number of carbonyl (C=O) groups excluding carboxylic acids is 2. The van der Waals surface area contributed by atoms with Crippen molar-refractivity contribution in [3.63, 3.8) is 0 Å². The van der Waals surface area contributed by atoms with Crippen LogP contribution in [0.4, 0.5) is 36.8 Å². The number of hydrogen-bond donors (Lipinski definition) is 1. The van der Waals surface area contributed by atoms with Crippen LogP contribution in [0.3, 0.4) is 0 Å². The summed E-state index contributed by atoms with van der Waals surface area (Å²) < 4.78 is 100. The average Bonchev–Trinajstić information content (AvgIpc) is 3.73. The Bertz CT molecular complexity index is 1900. The summed E-state index contributed by atoms with van der Waals surface area (Å²) >= 11 is 0. The number of fused-ring (bicyclic) bond motifs is 3. The molecule has 0 spiro atoms. The minimum absolute atomic E-state index is 0.154. The first-order valence-electron chi connectivity index (χ1n) is 14.6. The summed E-state index contributed by atoms with van der Waals surface area (Å²) in [5.41, 5.74) is 4.28. The summed E-state index contributed by atoms with van der Waals surface area (Å²) in [7, 11) is 1.27. The molecule has 48 heavy (non-hydrogen) atoms. The molecule has 2 aromatic heterocycles. The summed E-state index contributed by atoms with van der Waals surface area (Å²) in [6.07, 6.45) is -5.14. The number of alkyl halides is 5. The van der Waals surface area contributed by atoms with Crippen LogP contribution in [0.25, 0.3) is 22.8 Å². The third kappa shape index (κ3) is 5.32. The fourth-order valence-corrected chi connectivity index (χ4v) is 6.70. The average molecular weight is 678 g/mol. The van der Waals surface area contributed by atoms with Crippen molar-refractivity contribution in [3.05, 3.63) is 65.1 Å². The van der Waals surface area contributed by atoms with Crippen molar-refractivity contribution in [3.8, 4) is 22.8 Å². The molecule has 1 aliphatic carbocycles. The lowest BCUT2D eigenvalue weighted by atomic mass is 9.58. The monoisotopic (exact) mass is 677 g/mol. The Morgan fingerprint density at radius 2 is 1.85 bits per heavy atom. The van der Waals surface area contributed by atoms with Crippen LogP contribution in [0.1, 0.15) is 42.2 Å². The number of methoxy groups -OCH3 is 1. The molecule has 1 atom stereocenters. The molecule has 12 nitrogen and oxygen atoms in total. The van der Waals surface area contributed by atoms with Gasteiger partial charge in [-0.2, -0.15) is 18.2 Å². The highest BCUT2D eigenvalue weighted by atomic mass is 19.4. The molecular formula is C30H25F6N7O5. The zero-order valence-electron chi connectivity index (χ0n) is 24.9. The molecule has 4 aromatic rings. The van der Waals surface area contributed by atoms with Gasteiger partial charge in [0.25, 0.3) is 11.8 Å². The molecule has 2 N–H and O–H groups in total. The van der Waals surface area contributed by atoms with E-state index in [9.17, 15) is 22.8 Å². The fraction of sp³-hybridized carbons (Fsp3) is 0.400.